The van der Waals surface area contributed by atoms with Crippen LogP contribution in [0.25, 0.3) is 5.82 Å². The van der Waals surface area contributed by atoms with Gasteiger partial charge in [0.1, 0.15) is 12.4 Å². The number of nitrogens with zero attached hydrogens (tertiary/aromatic N) is 6. The van der Waals surface area contributed by atoms with Crippen LogP contribution in [0.5, 0.6) is 5.88 Å². The van der Waals surface area contributed by atoms with E-state index in [0.717, 1.165) is 56.8 Å². The number of halogens is 3. The van der Waals surface area contributed by atoms with Gasteiger partial charge >= 0.3 is 6.18 Å². The largest absolute Gasteiger partial charge is 0.476 e. The zero-order valence-corrected chi connectivity index (χ0v) is 24.1. The normalized spacial score (nSPS) is 19.6. The van der Waals surface area contributed by atoms with Crippen LogP contribution >= 0.6 is 11.9 Å². The molecule has 1 unspecified atom stereocenters. The molecule has 0 saturated carbocycles. The topological polar surface area (TPSA) is 90.1 Å². The number of hydrogen-bond donors (Lipinski definition) is 1. The number of amides is 1. The minimum Gasteiger partial charge on any atom is -0.476 e. The van der Waals surface area contributed by atoms with Crippen LogP contribution in [-0.2, 0) is 6.54 Å². The summed E-state index contributed by atoms with van der Waals surface area (Å²) < 4.78 is 51.5. The second-order valence-corrected chi connectivity index (χ2v) is 12.6. The number of carbonyl (C=O) groups excluding carboxylic acids is 1. The predicted molar refractivity (Wildman–Crippen MR) is 146 cm³/mol. The fourth-order valence-electron chi connectivity index (χ4n) is 5.19. The average molecular weight is 578 g/mol. The van der Waals surface area contributed by atoms with Crippen LogP contribution in [0.3, 0.4) is 0 Å². The van der Waals surface area contributed by atoms with Crippen LogP contribution in [0.2, 0.25) is 0 Å². The first-order valence-electron chi connectivity index (χ1n) is 13.3. The van der Waals surface area contributed by atoms with E-state index in [1.807, 2.05) is 11.6 Å². The molecule has 0 radical (unpaired) electrons. The second-order valence-electron chi connectivity index (χ2n) is 11.8. The van der Waals surface area contributed by atoms with E-state index in [1.54, 1.807) is 24.5 Å². The first kappa shape index (κ1) is 28.3. The number of hydrogen-bond acceptors (Lipinski definition) is 7. The SMILES string of the molecule is Cc1c2cnn1CCCC1CN(c3nc(-n4ccc(OCC(C)(C)C(F)(F)F)n4)ccc3C(=O)NS2)C(C)(C)C1. The van der Waals surface area contributed by atoms with Crippen LogP contribution in [-0.4, -0.2) is 55.3 Å². The first-order valence-corrected chi connectivity index (χ1v) is 14.1. The van der Waals surface area contributed by atoms with E-state index in [4.69, 9.17) is 9.72 Å². The molecule has 1 atom stereocenters. The summed E-state index contributed by atoms with van der Waals surface area (Å²) in [5.74, 6) is 1.18. The Kier molecular flexibility index (Phi) is 7.30. The van der Waals surface area contributed by atoms with Crippen molar-refractivity contribution in [2.45, 2.75) is 77.0 Å². The van der Waals surface area contributed by atoms with Crippen molar-refractivity contribution in [1.29, 1.82) is 0 Å². The predicted octanol–water partition coefficient (Wildman–Crippen LogP) is 5.58. The van der Waals surface area contributed by atoms with Gasteiger partial charge in [-0.15, -0.1) is 5.10 Å². The number of aromatic nitrogens is 5. The summed E-state index contributed by atoms with van der Waals surface area (Å²) in [5.41, 5.74) is -0.818. The van der Waals surface area contributed by atoms with E-state index >= 15 is 0 Å². The summed E-state index contributed by atoms with van der Waals surface area (Å²) in [4.78, 5) is 21.4. The lowest BCUT2D eigenvalue weighted by atomic mass is 9.93. The molecule has 2 aliphatic heterocycles. The maximum atomic E-state index is 13.4. The molecule has 2 aliphatic rings. The number of anilines is 1. The number of alkyl halides is 3. The van der Waals surface area contributed by atoms with Gasteiger partial charge in [0.05, 0.1) is 27.8 Å². The minimum atomic E-state index is -4.40. The Morgan fingerprint density at radius 1 is 1.23 bits per heavy atom. The highest BCUT2D eigenvalue weighted by atomic mass is 32.2. The van der Waals surface area contributed by atoms with Gasteiger partial charge in [-0.25, -0.2) is 9.67 Å². The van der Waals surface area contributed by atoms with Crippen LogP contribution in [0.1, 0.15) is 63.0 Å². The fraction of sp³-hybridized carbons (Fsp3) is 0.556. The van der Waals surface area contributed by atoms with Crippen molar-refractivity contribution < 1.29 is 22.7 Å². The first-order chi connectivity index (χ1) is 18.7. The van der Waals surface area contributed by atoms with Crippen LogP contribution in [0.15, 0.2) is 35.5 Å². The number of ether oxygens (including phenoxy) is 1. The molecule has 5 rings (SSSR count). The van der Waals surface area contributed by atoms with Gasteiger partial charge in [0.25, 0.3) is 5.91 Å². The van der Waals surface area contributed by atoms with Crippen LogP contribution in [0.4, 0.5) is 19.0 Å². The molecule has 13 heteroatoms. The Bertz CT molecular complexity index is 1400. The van der Waals surface area contributed by atoms with Gasteiger partial charge in [-0.1, -0.05) is 0 Å². The third-order valence-electron chi connectivity index (χ3n) is 7.76. The minimum absolute atomic E-state index is 0.0610. The fourth-order valence-corrected chi connectivity index (χ4v) is 5.86. The summed E-state index contributed by atoms with van der Waals surface area (Å²) in [5, 5.41) is 8.81. The number of carbonyl (C=O) groups is 1. The third kappa shape index (κ3) is 5.52. The quantitative estimate of drug-likeness (QED) is 0.405. The van der Waals surface area contributed by atoms with Gasteiger partial charge < -0.3 is 9.64 Å². The number of rotatable bonds is 4. The molecule has 216 valence electrons. The second kappa shape index (κ2) is 10.3. The Morgan fingerprint density at radius 3 is 2.75 bits per heavy atom. The Labute approximate surface area is 235 Å². The summed E-state index contributed by atoms with van der Waals surface area (Å²) in [6.45, 7) is 9.48. The van der Waals surface area contributed by atoms with Gasteiger partial charge in [-0.05, 0) is 83.9 Å². The van der Waals surface area contributed by atoms with E-state index in [-0.39, 0.29) is 17.3 Å². The van der Waals surface area contributed by atoms with Crippen molar-refractivity contribution in [2.75, 3.05) is 18.1 Å². The highest BCUT2D eigenvalue weighted by Gasteiger charge is 2.48. The molecule has 0 aromatic carbocycles. The molecule has 0 spiro atoms. The highest BCUT2D eigenvalue weighted by molar-refractivity contribution is 7.98. The Balaban J connectivity index is 1.46. The van der Waals surface area contributed by atoms with Crippen LogP contribution in [0, 0.1) is 18.3 Å². The van der Waals surface area contributed by atoms with Crippen molar-refractivity contribution in [1.82, 2.24) is 29.3 Å². The molecule has 1 N–H and O–H groups in total. The molecule has 1 amide bonds. The maximum Gasteiger partial charge on any atom is 0.397 e. The van der Waals surface area contributed by atoms with Crippen molar-refractivity contribution >= 4 is 23.7 Å². The summed E-state index contributed by atoms with van der Waals surface area (Å²) >= 11 is 1.23. The molecule has 3 aromatic rings. The van der Waals surface area contributed by atoms with E-state index in [2.05, 4.69) is 33.7 Å². The van der Waals surface area contributed by atoms with Crippen molar-refractivity contribution in [3.63, 3.8) is 0 Å². The van der Waals surface area contributed by atoms with E-state index in [0.29, 0.717) is 23.1 Å². The molecule has 9 nitrogen and oxygen atoms in total. The molecular formula is C27H34F3N7O2S. The standard InChI is InChI=1S/C27H34F3N7O2S/c1-17-20-14-31-36(17)11-6-7-18-13-26(4,5)35(15-18)23-19(24(38)34-40-20)8-9-21(32-23)37-12-10-22(33-37)39-16-25(2,3)27(28,29)30/h8-10,12,14,18H,6-7,11,13,15-16H2,1-5H3,(H,34,38). The highest BCUT2D eigenvalue weighted by Crippen LogP contribution is 2.40. The monoisotopic (exact) mass is 577 g/mol. The molecule has 40 heavy (non-hydrogen) atoms. The van der Waals surface area contributed by atoms with Gasteiger partial charge in [-0.3, -0.25) is 14.2 Å². The lowest BCUT2D eigenvalue weighted by molar-refractivity contribution is -0.219. The van der Waals surface area contributed by atoms with Crippen LogP contribution < -0.4 is 14.4 Å². The van der Waals surface area contributed by atoms with Crippen molar-refractivity contribution in [3.8, 4) is 11.7 Å². The zero-order chi connectivity index (χ0) is 28.9. The summed E-state index contributed by atoms with van der Waals surface area (Å²) in [6, 6.07) is 4.89. The average Bonchev–Trinajstić information content (AvgIpc) is 3.57. The number of aryl methyl sites for hydroxylation is 1. The molecule has 5 heterocycles. The summed E-state index contributed by atoms with van der Waals surface area (Å²) in [7, 11) is 0. The Morgan fingerprint density at radius 2 is 2.00 bits per heavy atom. The van der Waals surface area contributed by atoms with E-state index < -0.39 is 18.2 Å². The number of fused-ring (bicyclic) bond motifs is 6. The molecule has 3 aromatic heterocycles. The van der Waals surface area contributed by atoms with Crippen molar-refractivity contribution in [2.24, 2.45) is 11.3 Å². The maximum absolute atomic E-state index is 13.4. The molecule has 1 fully saturated rings. The molecule has 1 saturated heterocycles. The number of nitrogens with one attached hydrogen (secondary N) is 1. The van der Waals surface area contributed by atoms with Gasteiger partial charge in [0.2, 0.25) is 5.88 Å². The molecule has 4 bridgehead atoms. The lowest BCUT2D eigenvalue weighted by Gasteiger charge is -2.34. The smallest absolute Gasteiger partial charge is 0.397 e. The van der Waals surface area contributed by atoms with Gasteiger partial charge in [-0.2, -0.15) is 18.3 Å². The van der Waals surface area contributed by atoms with E-state index in [9.17, 15) is 18.0 Å². The Hall–Kier alpha value is -3.22. The van der Waals surface area contributed by atoms with Crippen molar-refractivity contribution in [3.05, 3.63) is 41.9 Å². The molecule has 0 aliphatic carbocycles. The van der Waals surface area contributed by atoms with Gasteiger partial charge in [0, 0.05) is 30.9 Å². The molecular weight excluding hydrogens is 543 g/mol. The zero-order valence-electron chi connectivity index (χ0n) is 23.2. The van der Waals surface area contributed by atoms with Gasteiger partial charge in [0.15, 0.2) is 5.82 Å². The lowest BCUT2D eigenvalue weighted by Crippen LogP contribution is -2.40. The third-order valence-corrected chi connectivity index (χ3v) is 8.67. The van der Waals surface area contributed by atoms with E-state index in [1.165, 1.54) is 22.7 Å². The number of pyridine rings is 1. The summed E-state index contributed by atoms with van der Waals surface area (Å²) in [6.07, 6.45) is 1.92.